The highest BCUT2D eigenvalue weighted by Gasteiger charge is 2.17. The Balaban J connectivity index is 2.04. The highest BCUT2D eigenvalue weighted by atomic mass is 35.5. The number of amides is 1. The molecule has 3 nitrogen and oxygen atoms in total. The van der Waals surface area contributed by atoms with Gasteiger partial charge in [0.25, 0.3) is 5.91 Å². The van der Waals surface area contributed by atoms with Gasteiger partial charge in [-0.2, -0.15) is 0 Å². The summed E-state index contributed by atoms with van der Waals surface area (Å²) in [5, 5.41) is 3.99. The predicted octanol–water partition coefficient (Wildman–Crippen LogP) is 5.05. The van der Waals surface area contributed by atoms with Gasteiger partial charge < -0.3 is 10.1 Å². The van der Waals surface area contributed by atoms with Gasteiger partial charge in [-0.3, -0.25) is 4.79 Å². The van der Waals surface area contributed by atoms with E-state index in [2.05, 4.69) is 5.32 Å². The van der Waals surface area contributed by atoms with E-state index in [0.29, 0.717) is 26.5 Å². The van der Waals surface area contributed by atoms with Crippen molar-refractivity contribution in [3.05, 3.63) is 57.5 Å². The molecule has 0 radical (unpaired) electrons. The Morgan fingerprint density at radius 3 is 2.48 bits per heavy atom. The predicted molar refractivity (Wildman–Crippen MR) is 86.6 cm³/mol. The molecular weight excluding hydrogens is 333 g/mol. The topological polar surface area (TPSA) is 38.3 Å². The fourth-order valence-corrected chi connectivity index (χ4v) is 2.25. The molecule has 0 spiro atoms. The summed E-state index contributed by atoms with van der Waals surface area (Å²) in [5.74, 6) is 0.114. The Labute approximate surface area is 137 Å². The van der Waals surface area contributed by atoms with Crippen molar-refractivity contribution in [3.63, 3.8) is 0 Å². The summed E-state index contributed by atoms with van der Waals surface area (Å²) < 4.78 is 5.53. The van der Waals surface area contributed by atoms with Crippen molar-refractivity contribution in [2.45, 2.75) is 13.0 Å². The second-order valence-corrected chi connectivity index (χ2v) is 5.55. The van der Waals surface area contributed by atoms with Crippen LogP contribution in [0, 0.1) is 0 Å². The van der Waals surface area contributed by atoms with Gasteiger partial charge in [-0.15, -0.1) is 0 Å². The third-order valence-corrected chi connectivity index (χ3v) is 3.56. The zero-order valence-electron chi connectivity index (χ0n) is 11.1. The minimum atomic E-state index is -0.725. The number of para-hydroxylation sites is 1. The first-order chi connectivity index (χ1) is 9.97. The monoisotopic (exact) mass is 343 g/mol. The minimum Gasteiger partial charge on any atom is -0.479 e. The van der Waals surface area contributed by atoms with Crippen LogP contribution in [-0.4, -0.2) is 12.0 Å². The second kappa shape index (κ2) is 7.03. The summed E-state index contributed by atoms with van der Waals surface area (Å²) in [4.78, 5) is 12.1. The van der Waals surface area contributed by atoms with Gasteiger partial charge in [-0.1, -0.05) is 46.9 Å². The molecule has 0 aromatic heterocycles. The number of nitrogens with one attached hydrogen (secondary N) is 1. The van der Waals surface area contributed by atoms with E-state index in [1.165, 1.54) is 0 Å². The lowest BCUT2D eigenvalue weighted by atomic mass is 10.3. The Morgan fingerprint density at radius 1 is 1.10 bits per heavy atom. The molecule has 6 heteroatoms. The van der Waals surface area contributed by atoms with Crippen LogP contribution < -0.4 is 10.1 Å². The summed E-state index contributed by atoms with van der Waals surface area (Å²) in [6.07, 6.45) is -0.725. The lowest BCUT2D eigenvalue weighted by Gasteiger charge is -2.16. The largest absolute Gasteiger partial charge is 0.479 e. The molecule has 0 saturated carbocycles. The third-order valence-electron chi connectivity index (χ3n) is 2.70. The van der Waals surface area contributed by atoms with Gasteiger partial charge >= 0.3 is 0 Å². The lowest BCUT2D eigenvalue weighted by molar-refractivity contribution is -0.122. The Bertz CT molecular complexity index is 661. The maximum Gasteiger partial charge on any atom is 0.265 e. The van der Waals surface area contributed by atoms with Crippen LogP contribution in [0.4, 0.5) is 5.69 Å². The molecule has 2 aromatic rings. The lowest BCUT2D eigenvalue weighted by Crippen LogP contribution is -2.30. The van der Waals surface area contributed by atoms with Crippen LogP contribution in [0.1, 0.15) is 6.92 Å². The maximum atomic E-state index is 12.1. The number of hydrogen-bond acceptors (Lipinski definition) is 2. The van der Waals surface area contributed by atoms with Gasteiger partial charge in [0, 0.05) is 5.02 Å². The highest BCUT2D eigenvalue weighted by molar-refractivity contribution is 6.36. The summed E-state index contributed by atoms with van der Waals surface area (Å²) in [5.41, 5.74) is 0.473. The van der Waals surface area contributed by atoms with E-state index in [1.807, 2.05) is 0 Å². The van der Waals surface area contributed by atoms with Crippen molar-refractivity contribution in [3.8, 4) is 5.75 Å². The van der Waals surface area contributed by atoms with Crippen molar-refractivity contribution in [1.29, 1.82) is 0 Å². The van der Waals surface area contributed by atoms with Crippen LogP contribution in [-0.2, 0) is 4.79 Å². The molecule has 1 amide bonds. The molecule has 1 atom stereocenters. The second-order valence-electron chi connectivity index (χ2n) is 4.30. The van der Waals surface area contributed by atoms with Crippen molar-refractivity contribution in [2.75, 3.05) is 5.32 Å². The zero-order chi connectivity index (χ0) is 15.4. The van der Waals surface area contributed by atoms with E-state index < -0.39 is 6.10 Å². The average molecular weight is 345 g/mol. The van der Waals surface area contributed by atoms with Crippen LogP contribution in [0.5, 0.6) is 5.75 Å². The summed E-state index contributed by atoms with van der Waals surface area (Å²) in [7, 11) is 0. The molecule has 1 N–H and O–H groups in total. The van der Waals surface area contributed by atoms with E-state index in [4.69, 9.17) is 39.5 Å². The number of benzene rings is 2. The van der Waals surface area contributed by atoms with Crippen molar-refractivity contribution >= 4 is 46.4 Å². The molecule has 0 heterocycles. The molecule has 2 aromatic carbocycles. The number of hydrogen-bond donors (Lipinski definition) is 1. The molecular formula is C15H12Cl3NO2. The first-order valence-electron chi connectivity index (χ1n) is 6.14. The molecule has 0 unspecified atom stereocenters. The Kier molecular flexibility index (Phi) is 5.34. The number of halogens is 3. The SMILES string of the molecule is C[C@@H](Oc1ccccc1Cl)C(=O)Nc1ccc(Cl)cc1Cl. The normalized spacial score (nSPS) is 11.8. The quantitative estimate of drug-likeness (QED) is 0.842. The van der Waals surface area contributed by atoms with Gasteiger partial charge in [0.15, 0.2) is 6.10 Å². The molecule has 0 fully saturated rings. The number of carbonyl (C=O) groups is 1. The third kappa shape index (κ3) is 4.27. The Hall–Kier alpha value is -1.42. The molecule has 110 valence electrons. The fraction of sp³-hybridized carbons (Fsp3) is 0.133. The van der Waals surface area contributed by atoms with Crippen molar-refractivity contribution in [1.82, 2.24) is 0 Å². The summed E-state index contributed by atoms with van der Waals surface area (Å²) >= 11 is 17.8. The van der Waals surface area contributed by atoms with Gasteiger partial charge in [0.1, 0.15) is 5.75 Å². The summed E-state index contributed by atoms with van der Waals surface area (Å²) in [6, 6.07) is 11.8. The minimum absolute atomic E-state index is 0.334. The molecule has 0 saturated heterocycles. The molecule has 0 bridgehead atoms. The molecule has 0 aliphatic rings. The fourth-order valence-electron chi connectivity index (χ4n) is 1.61. The smallest absolute Gasteiger partial charge is 0.265 e. The van der Waals surface area contributed by atoms with Crippen LogP contribution in [0.2, 0.25) is 15.1 Å². The van der Waals surface area contributed by atoms with Gasteiger partial charge in [-0.05, 0) is 37.3 Å². The number of ether oxygens (including phenoxy) is 1. The standard InChI is InChI=1S/C15H12Cl3NO2/c1-9(21-14-5-3-2-4-11(14)17)15(20)19-13-7-6-10(16)8-12(13)18/h2-9H,1H3,(H,19,20)/t9-/m1/s1. The molecule has 2 rings (SSSR count). The molecule has 0 aliphatic heterocycles. The van der Waals surface area contributed by atoms with E-state index >= 15 is 0 Å². The van der Waals surface area contributed by atoms with Crippen LogP contribution >= 0.6 is 34.8 Å². The zero-order valence-corrected chi connectivity index (χ0v) is 13.3. The first-order valence-corrected chi connectivity index (χ1v) is 7.28. The van der Waals surface area contributed by atoms with E-state index in [9.17, 15) is 4.79 Å². The Morgan fingerprint density at radius 2 is 1.81 bits per heavy atom. The van der Waals surface area contributed by atoms with E-state index in [0.717, 1.165) is 0 Å². The number of carbonyl (C=O) groups excluding carboxylic acids is 1. The van der Waals surface area contributed by atoms with Gasteiger partial charge in [0.2, 0.25) is 0 Å². The van der Waals surface area contributed by atoms with E-state index in [1.54, 1.807) is 49.4 Å². The highest BCUT2D eigenvalue weighted by Crippen LogP contribution is 2.27. The van der Waals surface area contributed by atoms with Crippen molar-refractivity contribution in [2.24, 2.45) is 0 Å². The van der Waals surface area contributed by atoms with Crippen LogP contribution in [0.3, 0.4) is 0 Å². The number of rotatable bonds is 4. The van der Waals surface area contributed by atoms with Gasteiger partial charge in [-0.25, -0.2) is 0 Å². The average Bonchev–Trinajstić information content (AvgIpc) is 2.44. The number of anilines is 1. The first kappa shape index (κ1) is 16.0. The maximum absolute atomic E-state index is 12.1. The summed E-state index contributed by atoms with van der Waals surface area (Å²) in [6.45, 7) is 1.63. The van der Waals surface area contributed by atoms with Crippen molar-refractivity contribution < 1.29 is 9.53 Å². The molecule has 0 aliphatic carbocycles. The van der Waals surface area contributed by atoms with E-state index in [-0.39, 0.29) is 5.91 Å². The molecule has 21 heavy (non-hydrogen) atoms. The van der Waals surface area contributed by atoms with Crippen LogP contribution in [0.25, 0.3) is 0 Å². The van der Waals surface area contributed by atoms with Gasteiger partial charge in [0.05, 0.1) is 15.7 Å². The van der Waals surface area contributed by atoms with Crippen LogP contribution in [0.15, 0.2) is 42.5 Å².